The van der Waals surface area contributed by atoms with Gasteiger partial charge in [-0.1, -0.05) is 17.7 Å². The van der Waals surface area contributed by atoms with Crippen LogP contribution in [0.3, 0.4) is 0 Å². The van der Waals surface area contributed by atoms with Crippen LogP contribution in [-0.2, 0) is 0 Å². The molecule has 0 heterocycles. The van der Waals surface area contributed by atoms with Crippen LogP contribution in [0.5, 0.6) is 17.2 Å². The Morgan fingerprint density at radius 1 is 0.957 bits per heavy atom. The van der Waals surface area contributed by atoms with E-state index in [2.05, 4.69) is 0 Å². The summed E-state index contributed by atoms with van der Waals surface area (Å²) >= 11 is 0. The van der Waals surface area contributed by atoms with E-state index in [1.807, 2.05) is 50.2 Å². The highest BCUT2D eigenvalue weighted by molar-refractivity contribution is 5.82. The lowest BCUT2D eigenvalue weighted by molar-refractivity contribution is 0.354. The number of aryl methyl sites for hydroxylation is 2. The third-order valence-electron chi connectivity index (χ3n) is 3.48. The molecule has 0 atom stereocenters. The standard InChI is InChI=1S/C19H21NO3/c1-13-5-7-15(8-6-13)23-17(9-10-20)16-12-19(22-4)18(21-3)11-14(16)2/h5-12,20H,1-4H3/b17-9+,20-10?. The van der Waals surface area contributed by atoms with E-state index in [4.69, 9.17) is 19.6 Å². The summed E-state index contributed by atoms with van der Waals surface area (Å²) in [6.07, 6.45) is 2.83. The molecule has 0 spiro atoms. The maximum atomic E-state index is 7.39. The number of rotatable bonds is 6. The topological polar surface area (TPSA) is 51.5 Å². The Labute approximate surface area is 136 Å². The third-order valence-corrected chi connectivity index (χ3v) is 3.48. The first-order chi connectivity index (χ1) is 11.1. The number of allylic oxidation sites excluding steroid dienone is 1. The lowest BCUT2D eigenvalue weighted by Crippen LogP contribution is -2.00. The lowest BCUT2D eigenvalue weighted by atomic mass is 10.1. The van der Waals surface area contributed by atoms with E-state index in [0.29, 0.717) is 17.3 Å². The van der Waals surface area contributed by atoms with Crippen LogP contribution in [0.2, 0.25) is 0 Å². The molecule has 0 amide bonds. The molecule has 23 heavy (non-hydrogen) atoms. The van der Waals surface area contributed by atoms with Gasteiger partial charge in [-0.3, -0.25) is 0 Å². The summed E-state index contributed by atoms with van der Waals surface area (Å²) in [7, 11) is 3.20. The van der Waals surface area contributed by atoms with Gasteiger partial charge in [0.05, 0.1) is 14.2 Å². The molecule has 0 saturated heterocycles. The van der Waals surface area contributed by atoms with Crippen molar-refractivity contribution in [2.75, 3.05) is 14.2 Å². The molecule has 2 aromatic rings. The van der Waals surface area contributed by atoms with Crippen molar-refractivity contribution < 1.29 is 14.2 Å². The maximum Gasteiger partial charge on any atom is 0.161 e. The predicted octanol–water partition coefficient (Wildman–Crippen LogP) is 4.39. The number of nitrogens with one attached hydrogen (secondary N) is 1. The minimum Gasteiger partial charge on any atom is -0.493 e. The highest BCUT2D eigenvalue weighted by Crippen LogP contribution is 2.34. The van der Waals surface area contributed by atoms with E-state index in [1.165, 1.54) is 6.21 Å². The summed E-state index contributed by atoms with van der Waals surface area (Å²) in [4.78, 5) is 0. The highest BCUT2D eigenvalue weighted by Gasteiger charge is 2.13. The van der Waals surface area contributed by atoms with Crippen LogP contribution in [0.1, 0.15) is 16.7 Å². The zero-order valence-corrected chi connectivity index (χ0v) is 13.8. The second kappa shape index (κ2) is 7.49. The monoisotopic (exact) mass is 311 g/mol. The van der Waals surface area contributed by atoms with E-state index in [-0.39, 0.29) is 0 Å². The Bertz CT molecular complexity index is 718. The van der Waals surface area contributed by atoms with Crippen LogP contribution in [0.15, 0.2) is 42.5 Å². The van der Waals surface area contributed by atoms with Gasteiger partial charge in [0, 0.05) is 11.8 Å². The fourth-order valence-corrected chi connectivity index (χ4v) is 2.23. The summed E-state index contributed by atoms with van der Waals surface area (Å²) in [5, 5.41) is 7.39. The molecule has 0 fully saturated rings. The summed E-state index contributed by atoms with van der Waals surface area (Å²) in [6, 6.07) is 11.5. The van der Waals surface area contributed by atoms with Crippen LogP contribution in [0.25, 0.3) is 5.76 Å². The highest BCUT2D eigenvalue weighted by atomic mass is 16.5. The Kier molecular flexibility index (Phi) is 5.41. The van der Waals surface area contributed by atoms with Gasteiger partial charge in [-0.05, 0) is 49.8 Å². The molecular formula is C19H21NO3. The minimum atomic E-state index is 0.585. The van der Waals surface area contributed by atoms with Gasteiger partial charge in [0.2, 0.25) is 0 Å². The molecule has 1 N–H and O–H groups in total. The maximum absolute atomic E-state index is 7.39. The van der Waals surface area contributed by atoms with Gasteiger partial charge in [0.1, 0.15) is 11.5 Å². The number of hydrogen-bond donors (Lipinski definition) is 1. The first kappa shape index (κ1) is 16.6. The number of methoxy groups -OCH3 is 2. The van der Waals surface area contributed by atoms with Gasteiger partial charge in [0.15, 0.2) is 11.5 Å². The predicted molar refractivity (Wildman–Crippen MR) is 92.9 cm³/mol. The van der Waals surface area contributed by atoms with Gasteiger partial charge >= 0.3 is 0 Å². The van der Waals surface area contributed by atoms with Crippen LogP contribution < -0.4 is 14.2 Å². The van der Waals surface area contributed by atoms with Crippen molar-refractivity contribution >= 4 is 12.0 Å². The van der Waals surface area contributed by atoms with Crippen molar-refractivity contribution in [3.05, 3.63) is 59.2 Å². The zero-order chi connectivity index (χ0) is 16.8. The molecule has 0 aliphatic rings. The third kappa shape index (κ3) is 3.92. The van der Waals surface area contributed by atoms with Gasteiger partial charge in [0.25, 0.3) is 0 Å². The van der Waals surface area contributed by atoms with Crippen LogP contribution in [0, 0.1) is 19.3 Å². The normalized spacial score (nSPS) is 11.0. The van der Waals surface area contributed by atoms with Crippen molar-refractivity contribution in [1.82, 2.24) is 0 Å². The number of ether oxygens (including phenoxy) is 3. The summed E-state index contributed by atoms with van der Waals surface area (Å²) < 4.78 is 16.6. The zero-order valence-electron chi connectivity index (χ0n) is 13.8. The van der Waals surface area contributed by atoms with Gasteiger partial charge in [-0.15, -0.1) is 0 Å². The van der Waals surface area contributed by atoms with Crippen LogP contribution >= 0.6 is 0 Å². The molecule has 0 radical (unpaired) electrons. The molecular weight excluding hydrogens is 290 g/mol. The molecule has 0 bridgehead atoms. The molecule has 0 unspecified atom stereocenters. The second-order valence-corrected chi connectivity index (χ2v) is 5.13. The van der Waals surface area contributed by atoms with Crippen LogP contribution in [0.4, 0.5) is 0 Å². The van der Waals surface area contributed by atoms with Crippen molar-refractivity contribution in [2.45, 2.75) is 13.8 Å². The van der Waals surface area contributed by atoms with Crippen molar-refractivity contribution in [2.24, 2.45) is 0 Å². The van der Waals surface area contributed by atoms with Crippen molar-refractivity contribution in [3.8, 4) is 17.2 Å². The van der Waals surface area contributed by atoms with Crippen LogP contribution in [-0.4, -0.2) is 20.4 Å². The second-order valence-electron chi connectivity index (χ2n) is 5.13. The van der Waals surface area contributed by atoms with Crippen molar-refractivity contribution in [3.63, 3.8) is 0 Å². The average Bonchev–Trinajstić information content (AvgIpc) is 2.56. The summed E-state index contributed by atoms with van der Waals surface area (Å²) in [5.41, 5.74) is 2.99. The van der Waals surface area contributed by atoms with Gasteiger partial charge in [-0.2, -0.15) is 0 Å². The molecule has 4 nitrogen and oxygen atoms in total. The Balaban J connectivity index is 2.43. The molecule has 120 valence electrons. The molecule has 2 rings (SSSR count). The minimum absolute atomic E-state index is 0.585. The fourth-order valence-electron chi connectivity index (χ4n) is 2.23. The first-order valence-electron chi connectivity index (χ1n) is 7.27. The summed E-state index contributed by atoms with van der Waals surface area (Å²) in [6.45, 7) is 3.99. The molecule has 0 saturated carbocycles. The van der Waals surface area contributed by atoms with E-state index in [9.17, 15) is 0 Å². The fraction of sp³-hybridized carbons (Fsp3) is 0.211. The largest absolute Gasteiger partial charge is 0.493 e. The van der Waals surface area contributed by atoms with E-state index in [1.54, 1.807) is 20.3 Å². The smallest absolute Gasteiger partial charge is 0.161 e. The van der Waals surface area contributed by atoms with E-state index < -0.39 is 0 Å². The van der Waals surface area contributed by atoms with Crippen molar-refractivity contribution in [1.29, 1.82) is 5.41 Å². The number of benzene rings is 2. The average molecular weight is 311 g/mol. The SMILES string of the molecule is COc1cc(C)c(/C(=C\C=N)Oc2ccc(C)cc2)cc1OC. The van der Waals surface area contributed by atoms with E-state index >= 15 is 0 Å². The lowest BCUT2D eigenvalue weighted by Gasteiger charge is -2.16. The van der Waals surface area contributed by atoms with Gasteiger partial charge < -0.3 is 19.6 Å². The molecule has 4 heteroatoms. The molecule has 0 aliphatic heterocycles. The number of hydrogen-bond acceptors (Lipinski definition) is 4. The van der Waals surface area contributed by atoms with Gasteiger partial charge in [-0.25, -0.2) is 0 Å². The Hall–Kier alpha value is -2.75. The van der Waals surface area contributed by atoms with E-state index in [0.717, 1.165) is 22.4 Å². The Morgan fingerprint density at radius 2 is 1.57 bits per heavy atom. The molecule has 0 aliphatic carbocycles. The summed E-state index contributed by atoms with van der Waals surface area (Å²) in [5.74, 6) is 2.59. The quantitative estimate of drug-likeness (QED) is 0.636. The Morgan fingerprint density at radius 3 is 2.13 bits per heavy atom. The molecule has 2 aromatic carbocycles. The molecule has 0 aromatic heterocycles. The first-order valence-corrected chi connectivity index (χ1v) is 7.27.